The van der Waals surface area contributed by atoms with Crippen LogP contribution in [0.4, 0.5) is 11.4 Å². The van der Waals surface area contributed by atoms with Gasteiger partial charge < -0.3 is 11.1 Å². The molecule has 2 rings (SSSR count). The van der Waals surface area contributed by atoms with Crippen molar-refractivity contribution in [2.24, 2.45) is 0 Å². The van der Waals surface area contributed by atoms with E-state index in [2.05, 4.69) is 27.9 Å². The lowest BCUT2D eigenvalue weighted by Crippen LogP contribution is -2.12. The zero-order valence-corrected chi connectivity index (χ0v) is 12.2. The molecule has 3 N–H and O–H groups in total. The molecule has 0 aromatic heterocycles. The number of nitrogens with two attached hydrogens (primary N) is 1. The number of rotatable bonds is 2. The van der Waals surface area contributed by atoms with Crippen LogP contribution in [0.25, 0.3) is 0 Å². The van der Waals surface area contributed by atoms with E-state index in [4.69, 9.17) is 17.3 Å². The normalized spacial score (nSPS) is 10.1. The van der Waals surface area contributed by atoms with Crippen molar-refractivity contribution in [2.75, 3.05) is 11.1 Å². The molecule has 0 saturated heterocycles. The molecule has 0 radical (unpaired) electrons. The summed E-state index contributed by atoms with van der Waals surface area (Å²) in [6, 6.07) is 12.3. The average Bonchev–Trinajstić information content (AvgIpc) is 2.32. The first-order valence-electron chi connectivity index (χ1n) is 5.18. The van der Waals surface area contributed by atoms with Crippen LogP contribution in [0, 0.1) is 3.57 Å². The van der Waals surface area contributed by atoms with Crippen molar-refractivity contribution in [3.63, 3.8) is 0 Å². The second-order valence-electron chi connectivity index (χ2n) is 3.70. The summed E-state index contributed by atoms with van der Waals surface area (Å²) >= 11 is 8.18. The van der Waals surface area contributed by atoms with Gasteiger partial charge >= 0.3 is 0 Å². The largest absolute Gasteiger partial charge is 0.399 e. The number of halogens is 2. The molecular weight excluding hydrogens is 363 g/mol. The van der Waals surface area contributed by atoms with Crippen LogP contribution in [0.2, 0.25) is 5.02 Å². The van der Waals surface area contributed by atoms with Crippen LogP contribution in [0.1, 0.15) is 10.4 Å². The van der Waals surface area contributed by atoms with E-state index in [9.17, 15) is 4.79 Å². The molecule has 0 aliphatic carbocycles. The van der Waals surface area contributed by atoms with Gasteiger partial charge in [-0.15, -0.1) is 0 Å². The van der Waals surface area contributed by atoms with Gasteiger partial charge in [-0.05, 0) is 65.1 Å². The minimum absolute atomic E-state index is 0.249. The molecule has 1 amide bonds. The highest BCUT2D eigenvalue weighted by Crippen LogP contribution is 2.20. The minimum atomic E-state index is -0.249. The summed E-state index contributed by atoms with van der Waals surface area (Å²) in [5.41, 5.74) is 7.25. The third kappa shape index (κ3) is 3.14. The van der Waals surface area contributed by atoms with E-state index in [1.165, 1.54) is 0 Å². The van der Waals surface area contributed by atoms with Gasteiger partial charge in [0.2, 0.25) is 0 Å². The Bertz CT molecular complexity index is 584. The number of anilines is 2. The Morgan fingerprint density at radius 3 is 2.44 bits per heavy atom. The molecule has 0 aliphatic rings. The third-order valence-corrected chi connectivity index (χ3v) is 3.37. The lowest BCUT2D eigenvalue weighted by molar-refractivity contribution is 0.102. The standard InChI is InChI=1S/C13H10ClIN2O/c14-12-7-9(16)3-6-11(12)13(18)17-10-4-1-8(15)2-5-10/h1-7H,16H2,(H,17,18). The van der Waals surface area contributed by atoms with Crippen LogP contribution in [-0.4, -0.2) is 5.91 Å². The molecule has 92 valence electrons. The lowest BCUT2D eigenvalue weighted by atomic mass is 10.2. The molecule has 18 heavy (non-hydrogen) atoms. The molecule has 0 unspecified atom stereocenters. The van der Waals surface area contributed by atoms with Crippen LogP contribution in [-0.2, 0) is 0 Å². The number of benzene rings is 2. The summed E-state index contributed by atoms with van der Waals surface area (Å²) < 4.78 is 1.11. The molecule has 0 atom stereocenters. The summed E-state index contributed by atoms with van der Waals surface area (Å²) in [6.45, 7) is 0. The van der Waals surface area contributed by atoms with E-state index in [-0.39, 0.29) is 5.91 Å². The van der Waals surface area contributed by atoms with Gasteiger partial charge in [0, 0.05) is 14.9 Å². The van der Waals surface area contributed by atoms with Gasteiger partial charge in [-0.3, -0.25) is 4.79 Å². The zero-order chi connectivity index (χ0) is 13.1. The summed E-state index contributed by atoms with van der Waals surface area (Å²) in [7, 11) is 0. The number of nitrogen functional groups attached to an aromatic ring is 1. The van der Waals surface area contributed by atoms with Gasteiger partial charge in [-0.1, -0.05) is 11.6 Å². The van der Waals surface area contributed by atoms with Gasteiger partial charge in [0.15, 0.2) is 0 Å². The maximum absolute atomic E-state index is 12.0. The Morgan fingerprint density at radius 2 is 1.83 bits per heavy atom. The number of hydrogen-bond donors (Lipinski definition) is 2. The maximum atomic E-state index is 12.0. The van der Waals surface area contributed by atoms with Crippen molar-refractivity contribution in [3.05, 3.63) is 56.6 Å². The van der Waals surface area contributed by atoms with Crippen LogP contribution >= 0.6 is 34.2 Å². The van der Waals surface area contributed by atoms with Gasteiger partial charge in [0.05, 0.1) is 10.6 Å². The predicted octanol–water partition coefficient (Wildman–Crippen LogP) is 3.78. The molecule has 0 aliphatic heterocycles. The van der Waals surface area contributed by atoms with Gasteiger partial charge in [-0.25, -0.2) is 0 Å². The maximum Gasteiger partial charge on any atom is 0.257 e. The predicted molar refractivity (Wildman–Crippen MR) is 83.0 cm³/mol. The second kappa shape index (κ2) is 5.58. The highest BCUT2D eigenvalue weighted by molar-refractivity contribution is 14.1. The highest BCUT2D eigenvalue weighted by Gasteiger charge is 2.10. The number of carbonyl (C=O) groups excluding carboxylic acids is 1. The molecule has 0 saturated carbocycles. The van der Waals surface area contributed by atoms with E-state index in [0.29, 0.717) is 16.3 Å². The Kier molecular flexibility index (Phi) is 4.08. The van der Waals surface area contributed by atoms with Gasteiger partial charge in [-0.2, -0.15) is 0 Å². The summed E-state index contributed by atoms with van der Waals surface area (Å²) in [5.74, 6) is -0.249. The van der Waals surface area contributed by atoms with Crippen LogP contribution in [0.3, 0.4) is 0 Å². The number of carbonyl (C=O) groups is 1. The Balaban J connectivity index is 2.19. The van der Waals surface area contributed by atoms with Crippen molar-refractivity contribution < 1.29 is 4.79 Å². The van der Waals surface area contributed by atoms with Crippen molar-refractivity contribution in [1.29, 1.82) is 0 Å². The van der Waals surface area contributed by atoms with E-state index in [1.807, 2.05) is 24.3 Å². The monoisotopic (exact) mass is 372 g/mol. The van der Waals surface area contributed by atoms with Crippen molar-refractivity contribution >= 4 is 51.5 Å². The van der Waals surface area contributed by atoms with E-state index < -0.39 is 0 Å². The Labute approximate surface area is 123 Å². The van der Waals surface area contributed by atoms with Crippen LogP contribution in [0.15, 0.2) is 42.5 Å². The SMILES string of the molecule is Nc1ccc(C(=O)Nc2ccc(I)cc2)c(Cl)c1. The van der Waals surface area contributed by atoms with Crippen molar-refractivity contribution in [3.8, 4) is 0 Å². The first kappa shape index (κ1) is 13.2. The topological polar surface area (TPSA) is 55.1 Å². The molecule has 5 heteroatoms. The van der Waals surface area contributed by atoms with E-state index >= 15 is 0 Å². The number of nitrogens with one attached hydrogen (secondary N) is 1. The Hall–Kier alpha value is -1.27. The number of amides is 1. The van der Waals surface area contributed by atoms with Gasteiger partial charge in [0.1, 0.15) is 0 Å². The quantitative estimate of drug-likeness (QED) is 0.623. The highest BCUT2D eigenvalue weighted by atomic mass is 127. The molecule has 2 aromatic rings. The molecule has 0 fully saturated rings. The first-order valence-corrected chi connectivity index (χ1v) is 6.64. The first-order chi connectivity index (χ1) is 8.56. The third-order valence-electron chi connectivity index (χ3n) is 2.34. The van der Waals surface area contributed by atoms with Crippen molar-refractivity contribution in [1.82, 2.24) is 0 Å². The van der Waals surface area contributed by atoms with E-state index in [0.717, 1.165) is 9.26 Å². The van der Waals surface area contributed by atoms with Crippen LogP contribution < -0.4 is 11.1 Å². The summed E-state index contributed by atoms with van der Waals surface area (Å²) in [5, 5.41) is 3.12. The average molecular weight is 373 g/mol. The molecule has 2 aromatic carbocycles. The van der Waals surface area contributed by atoms with Crippen molar-refractivity contribution in [2.45, 2.75) is 0 Å². The molecule has 3 nitrogen and oxygen atoms in total. The Morgan fingerprint density at radius 1 is 1.17 bits per heavy atom. The van der Waals surface area contributed by atoms with Crippen LogP contribution in [0.5, 0.6) is 0 Å². The smallest absolute Gasteiger partial charge is 0.257 e. The lowest BCUT2D eigenvalue weighted by Gasteiger charge is -2.07. The molecule has 0 heterocycles. The zero-order valence-electron chi connectivity index (χ0n) is 9.28. The second-order valence-corrected chi connectivity index (χ2v) is 5.35. The fourth-order valence-electron chi connectivity index (χ4n) is 1.45. The summed E-state index contributed by atoms with van der Waals surface area (Å²) in [4.78, 5) is 12.0. The van der Waals surface area contributed by atoms with E-state index in [1.54, 1.807) is 18.2 Å². The molecule has 0 spiro atoms. The number of hydrogen-bond acceptors (Lipinski definition) is 2. The molecule has 0 bridgehead atoms. The molecular formula is C13H10ClIN2O. The minimum Gasteiger partial charge on any atom is -0.399 e. The van der Waals surface area contributed by atoms with Gasteiger partial charge in [0.25, 0.3) is 5.91 Å². The summed E-state index contributed by atoms with van der Waals surface area (Å²) in [6.07, 6.45) is 0. The fourth-order valence-corrected chi connectivity index (χ4v) is 2.08. The fraction of sp³-hybridized carbons (Fsp3) is 0.